The number of carbonyl (C=O) groups excluding carboxylic acids is 3. The van der Waals surface area contributed by atoms with Gasteiger partial charge in [-0.1, -0.05) is 59.9 Å². The van der Waals surface area contributed by atoms with Crippen molar-refractivity contribution in [1.29, 1.82) is 0 Å². The number of urea groups is 1. The van der Waals surface area contributed by atoms with Crippen LogP contribution in [0.1, 0.15) is 25.0 Å². The summed E-state index contributed by atoms with van der Waals surface area (Å²) < 4.78 is 0.745. The SMILES string of the molecule is CCSc1nnc(NC(=O)CN2C(=O)N[C@@](C)(c3ccc(C)cc3)C2=O)s1. The fourth-order valence-electron chi connectivity index (χ4n) is 2.67. The Labute approximate surface area is 164 Å². The number of thioether (sulfide) groups is 1. The van der Waals surface area contributed by atoms with Crippen molar-refractivity contribution in [3.05, 3.63) is 35.4 Å². The van der Waals surface area contributed by atoms with Gasteiger partial charge in [-0.2, -0.15) is 0 Å². The van der Waals surface area contributed by atoms with E-state index in [1.54, 1.807) is 19.1 Å². The zero-order valence-electron chi connectivity index (χ0n) is 15.1. The summed E-state index contributed by atoms with van der Waals surface area (Å²) in [6.07, 6.45) is 0. The monoisotopic (exact) mass is 405 g/mol. The molecule has 8 nitrogen and oxygen atoms in total. The van der Waals surface area contributed by atoms with E-state index in [1.165, 1.54) is 23.1 Å². The van der Waals surface area contributed by atoms with Crippen LogP contribution in [-0.2, 0) is 15.1 Å². The molecule has 1 fully saturated rings. The van der Waals surface area contributed by atoms with E-state index in [0.717, 1.165) is 20.6 Å². The van der Waals surface area contributed by atoms with Crippen LogP contribution in [0.3, 0.4) is 0 Å². The van der Waals surface area contributed by atoms with E-state index in [2.05, 4.69) is 20.8 Å². The lowest BCUT2D eigenvalue weighted by atomic mass is 9.91. The zero-order valence-corrected chi connectivity index (χ0v) is 16.7. The Hall–Kier alpha value is -2.46. The zero-order chi connectivity index (χ0) is 19.6. The summed E-state index contributed by atoms with van der Waals surface area (Å²) >= 11 is 2.77. The molecule has 10 heteroatoms. The number of rotatable bonds is 6. The minimum Gasteiger partial charge on any atom is -0.319 e. The summed E-state index contributed by atoms with van der Waals surface area (Å²) in [5.74, 6) is -0.121. The number of aryl methyl sites for hydroxylation is 1. The largest absolute Gasteiger partial charge is 0.325 e. The van der Waals surface area contributed by atoms with E-state index in [9.17, 15) is 14.4 Å². The molecule has 3 rings (SSSR count). The second kappa shape index (κ2) is 7.65. The highest BCUT2D eigenvalue weighted by atomic mass is 32.2. The summed E-state index contributed by atoms with van der Waals surface area (Å²) in [5.41, 5.74) is 0.520. The maximum atomic E-state index is 12.8. The number of hydrogen-bond acceptors (Lipinski definition) is 7. The maximum Gasteiger partial charge on any atom is 0.325 e. The van der Waals surface area contributed by atoms with Gasteiger partial charge < -0.3 is 5.32 Å². The van der Waals surface area contributed by atoms with Crippen molar-refractivity contribution in [2.24, 2.45) is 0 Å². The van der Waals surface area contributed by atoms with Gasteiger partial charge in [-0.05, 0) is 25.2 Å². The first-order valence-corrected chi connectivity index (χ1v) is 10.1. The third-order valence-corrected chi connectivity index (χ3v) is 5.98. The van der Waals surface area contributed by atoms with Crippen LogP contribution in [0.4, 0.5) is 9.93 Å². The first-order chi connectivity index (χ1) is 12.8. The van der Waals surface area contributed by atoms with E-state index in [0.29, 0.717) is 10.7 Å². The van der Waals surface area contributed by atoms with Gasteiger partial charge >= 0.3 is 6.03 Å². The molecule has 2 N–H and O–H groups in total. The van der Waals surface area contributed by atoms with Crippen LogP contribution < -0.4 is 10.6 Å². The quantitative estimate of drug-likeness (QED) is 0.434. The topological polar surface area (TPSA) is 104 Å². The van der Waals surface area contributed by atoms with Gasteiger partial charge in [0.1, 0.15) is 12.1 Å². The minimum absolute atomic E-state index is 0.337. The van der Waals surface area contributed by atoms with Gasteiger partial charge in [0.25, 0.3) is 5.91 Å². The molecule has 0 radical (unpaired) electrons. The van der Waals surface area contributed by atoms with Crippen molar-refractivity contribution >= 4 is 46.1 Å². The lowest BCUT2D eigenvalue weighted by molar-refractivity contribution is -0.133. The van der Waals surface area contributed by atoms with E-state index >= 15 is 0 Å². The van der Waals surface area contributed by atoms with Crippen molar-refractivity contribution in [1.82, 2.24) is 20.4 Å². The molecule has 0 bridgehead atoms. The minimum atomic E-state index is -1.20. The molecule has 2 aromatic rings. The number of nitrogens with one attached hydrogen (secondary N) is 2. The molecular weight excluding hydrogens is 386 g/mol. The van der Waals surface area contributed by atoms with Crippen molar-refractivity contribution in [3.8, 4) is 0 Å². The molecule has 1 saturated heterocycles. The first-order valence-electron chi connectivity index (χ1n) is 8.31. The average molecular weight is 406 g/mol. The molecule has 0 unspecified atom stereocenters. The molecule has 1 aliphatic rings. The number of amides is 4. The van der Waals surface area contributed by atoms with Crippen molar-refractivity contribution in [2.45, 2.75) is 30.6 Å². The van der Waals surface area contributed by atoms with E-state index in [4.69, 9.17) is 0 Å². The fraction of sp³-hybridized carbons (Fsp3) is 0.353. The van der Waals surface area contributed by atoms with Crippen LogP contribution in [0, 0.1) is 6.92 Å². The lowest BCUT2D eigenvalue weighted by Gasteiger charge is -2.22. The Kier molecular flexibility index (Phi) is 5.47. The van der Waals surface area contributed by atoms with E-state index < -0.39 is 23.4 Å². The Morgan fingerprint density at radius 3 is 2.67 bits per heavy atom. The van der Waals surface area contributed by atoms with Gasteiger partial charge in [0.15, 0.2) is 4.34 Å². The summed E-state index contributed by atoms with van der Waals surface area (Å²) in [6.45, 7) is 5.18. The Balaban J connectivity index is 1.69. The predicted molar refractivity (Wildman–Crippen MR) is 104 cm³/mol. The maximum absolute atomic E-state index is 12.8. The molecule has 0 saturated carbocycles. The van der Waals surface area contributed by atoms with E-state index in [1.807, 2.05) is 26.0 Å². The fourth-order valence-corrected chi connectivity index (χ4v) is 4.33. The molecule has 142 valence electrons. The number of carbonyl (C=O) groups is 3. The number of imide groups is 1. The second-order valence-corrected chi connectivity index (χ2v) is 8.66. The number of benzene rings is 1. The summed E-state index contributed by atoms with van der Waals surface area (Å²) in [4.78, 5) is 38.3. The molecule has 1 aliphatic heterocycles. The average Bonchev–Trinajstić information content (AvgIpc) is 3.14. The smallest absolute Gasteiger partial charge is 0.319 e. The second-order valence-electron chi connectivity index (χ2n) is 6.17. The van der Waals surface area contributed by atoms with Gasteiger partial charge in [0, 0.05) is 0 Å². The molecule has 2 heterocycles. The summed E-state index contributed by atoms with van der Waals surface area (Å²) in [6, 6.07) is 6.74. The molecule has 1 aromatic heterocycles. The normalized spacial score (nSPS) is 19.3. The Morgan fingerprint density at radius 1 is 1.30 bits per heavy atom. The molecule has 1 aromatic carbocycles. The molecule has 27 heavy (non-hydrogen) atoms. The van der Waals surface area contributed by atoms with Crippen LogP contribution in [0.25, 0.3) is 0 Å². The third kappa shape index (κ3) is 3.96. The summed E-state index contributed by atoms with van der Waals surface area (Å²) in [5, 5.41) is 13.4. The lowest BCUT2D eigenvalue weighted by Crippen LogP contribution is -2.42. The van der Waals surface area contributed by atoms with Crippen molar-refractivity contribution in [3.63, 3.8) is 0 Å². The van der Waals surface area contributed by atoms with Crippen LogP contribution in [0.5, 0.6) is 0 Å². The van der Waals surface area contributed by atoms with Crippen molar-refractivity contribution in [2.75, 3.05) is 17.6 Å². The van der Waals surface area contributed by atoms with Crippen LogP contribution in [0.2, 0.25) is 0 Å². The Morgan fingerprint density at radius 2 is 2.00 bits per heavy atom. The first kappa shape index (κ1) is 19.3. The highest BCUT2D eigenvalue weighted by Gasteiger charge is 2.49. The molecule has 0 aliphatic carbocycles. The molecule has 1 atom stereocenters. The molecule has 0 spiro atoms. The van der Waals surface area contributed by atoms with Gasteiger partial charge in [0.2, 0.25) is 11.0 Å². The predicted octanol–water partition coefficient (Wildman–Crippen LogP) is 2.36. The van der Waals surface area contributed by atoms with Gasteiger partial charge in [0.05, 0.1) is 0 Å². The number of nitrogens with zero attached hydrogens (tertiary/aromatic N) is 3. The van der Waals surface area contributed by atoms with Crippen LogP contribution >= 0.6 is 23.1 Å². The molecule has 4 amide bonds. The van der Waals surface area contributed by atoms with E-state index in [-0.39, 0.29) is 6.54 Å². The Bertz CT molecular complexity index is 883. The summed E-state index contributed by atoms with van der Waals surface area (Å²) in [7, 11) is 0. The van der Waals surface area contributed by atoms with Crippen LogP contribution in [-0.4, -0.2) is 45.2 Å². The standard InChI is InChI=1S/C17H19N5O3S2/c1-4-26-16-21-20-14(27-16)18-12(23)9-22-13(24)17(3,19-15(22)25)11-7-5-10(2)6-8-11/h5-8H,4,9H2,1-3H3,(H,19,25)(H,18,20,23)/t17-/m0/s1. The van der Waals surface area contributed by atoms with Crippen molar-refractivity contribution < 1.29 is 14.4 Å². The highest BCUT2D eigenvalue weighted by Crippen LogP contribution is 2.29. The van der Waals surface area contributed by atoms with Gasteiger partial charge in [-0.25, -0.2) is 4.79 Å². The third-order valence-electron chi connectivity index (χ3n) is 4.13. The number of aromatic nitrogens is 2. The number of hydrogen-bond donors (Lipinski definition) is 2. The molecular formula is C17H19N5O3S2. The highest BCUT2D eigenvalue weighted by molar-refractivity contribution is 8.01. The van der Waals surface area contributed by atoms with Crippen LogP contribution in [0.15, 0.2) is 28.6 Å². The number of anilines is 1. The van der Waals surface area contributed by atoms with Gasteiger partial charge in [-0.3, -0.25) is 19.8 Å². The van der Waals surface area contributed by atoms with Gasteiger partial charge in [-0.15, -0.1) is 10.2 Å².